The first kappa shape index (κ1) is 84.1. The van der Waals surface area contributed by atoms with Gasteiger partial charge in [0, 0.05) is 90.1 Å². The van der Waals surface area contributed by atoms with Gasteiger partial charge in [-0.2, -0.15) is 26.6 Å². The summed E-state index contributed by atoms with van der Waals surface area (Å²) in [6.45, 7) is 9.90. The molecule has 0 aliphatic carbocycles. The number of amides is 3. The Hall–Kier alpha value is -8.12. The number of carbonyl (C=O) groups excluding carboxylic acids is 3. The summed E-state index contributed by atoms with van der Waals surface area (Å²) in [5.41, 5.74) is 18.6. The van der Waals surface area contributed by atoms with Gasteiger partial charge in [0.05, 0.1) is 60.7 Å². The van der Waals surface area contributed by atoms with E-state index in [-0.39, 0.29) is 123 Å². The highest BCUT2D eigenvalue weighted by atomic mass is 32.2. The number of primary sulfonamides is 1. The number of unbranched alkanes of at least 4 members (excludes halogenated alkanes) is 1. The third kappa shape index (κ3) is 25.3. The summed E-state index contributed by atoms with van der Waals surface area (Å²) < 4.78 is 141. The number of nitrogen functional groups attached to an aromatic ring is 1. The molecule has 3 aliphatic heterocycles. The summed E-state index contributed by atoms with van der Waals surface area (Å²) >= 11 is 0. The Morgan fingerprint density at radius 3 is 2.40 bits per heavy atom. The van der Waals surface area contributed by atoms with Gasteiger partial charge in [-0.1, -0.05) is 79.4 Å². The minimum atomic E-state index is -5.84. The lowest BCUT2D eigenvalue weighted by atomic mass is 9.81. The first-order chi connectivity index (χ1) is 49.4. The van der Waals surface area contributed by atoms with Gasteiger partial charge in [0.25, 0.3) is 16.0 Å². The largest absolute Gasteiger partial charge is 0.491 e. The molecule has 37 nitrogen and oxygen atoms in total. The zero-order valence-electron chi connectivity index (χ0n) is 57.3. The molecule has 7 rings (SSSR count). The van der Waals surface area contributed by atoms with Crippen LogP contribution in [0.2, 0.25) is 0 Å². The third-order valence-corrected chi connectivity index (χ3v) is 21.5. The number of sulfonamides is 1. The van der Waals surface area contributed by atoms with E-state index in [0.717, 1.165) is 27.2 Å². The van der Waals surface area contributed by atoms with Crippen LogP contribution in [0, 0.1) is 11.8 Å². The van der Waals surface area contributed by atoms with Crippen LogP contribution in [0.5, 0.6) is 5.75 Å². The molecule has 1 fully saturated rings. The van der Waals surface area contributed by atoms with E-state index in [2.05, 4.69) is 82.5 Å². The van der Waals surface area contributed by atoms with Crippen LogP contribution >= 0.6 is 23.5 Å². The van der Waals surface area contributed by atoms with Crippen LogP contribution in [-0.2, 0) is 91.1 Å². The molecule has 0 radical (unpaired) electrons. The Morgan fingerprint density at radius 1 is 0.924 bits per heavy atom. The molecule has 12 N–H and O–H groups in total. The van der Waals surface area contributed by atoms with Crippen LogP contribution < -0.4 is 42.1 Å². The maximum absolute atomic E-state index is 13.4. The van der Waals surface area contributed by atoms with Crippen molar-refractivity contribution in [1.29, 1.82) is 0 Å². The molecule has 1 aromatic heterocycles. The number of benzene rings is 3. The summed E-state index contributed by atoms with van der Waals surface area (Å²) in [4.78, 5) is 97.8. The fraction of sp³-hybridized carbons (Fsp3) is 0.429. The smallest absolute Gasteiger partial charge is 0.490 e. The summed E-state index contributed by atoms with van der Waals surface area (Å²) in [5, 5.41) is 17.2. The molecule has 1 saturated heterocycles. The number of allylic oxidation sites excluding steroid dienone is 6. The maximum atomic E-state index is 13.4. The SMILES string of the molecule is C=CCOCO[C@@H]1C[C@H](n2cc(C#CCNC(=O)COCCOC(COc3cccc(C(=O)NCCNC(=O)CCN4\C(=C/C=C/C=C/C5=[N+](CCCCS(=O)(=O)O)c6ccccc6C5(C)C)C(C)(C)c5cc(S(N)(=O)=O)ccc54)c3)N=[N+]=[N-])c(N)nc2=O)O[C@@H]1COP(=O)(O)OP(=O)(O)OP(=O)(O)O. The van der Waals surface area contributed by atoms with Crippen LogP contribution in [0.25, 0.3) is 10.4 Å². The van der Waals surface area contributed by atoms with Gasteiger partial charge in [-0.3, -0.25) is 28.0 Å². The lowest BCUT2D eigenvalue weighted by Crippen LogP contribution is -2.36. The lowest BCUT2D eigenvalue weighted by molar-refractivity contribution is -0.438. The highest BCUT2D eigenvalue weighted by Crippen LogP contribution is 2.66. The second-order valence-electron chi connectivity index (χ2n) is 24.3. The second kappa shape index (κ2) is 37.4. The number of para-hydroxylation sites is 1. The zero-order chi connectivity index (χ0) is 77.0. The number of phosphoric acid groups is 3. The van der Waals surface area contributed by atoms with Gasteiger partial charge in [-0.25, -0.2) is 32.0 Å². The molecule has 105 heavy (non-hydrogen) atoms. The number of nitrogens with zero attached hydrogens (tertiary/aromatic N) is 7. The number of aromatic nitrogens is 2. The van der Waals surface area contributed by atoms with E-state index in [1.54, 1.807) is 24.3 Å². The van der Waals surface area contributed by atoms with Crippen molar-refractivity contribution in [3.63, 3.8) is 0 Å². The molecule has 3 amide bonds. The minimum absolute atomic E-state index is 0.00471. The number of hydrogen-bond donors (Lipinski definition) is 10. The fourth-order valence-electron chi connectivity index (χ4n) is 11.2. The van der Waals surface area contributed by atoms with Crippen molar-refractivity contribution in [2.24, 2.45) is 10.3 Å². The first-order valence-corrected chi connectivity index (χ1v) is 39.7. The van der Waals surface area contributed by atoms with Gasteiger partial charge < -0.3 is 74.6 Å². The topological polar surface area (TPSA) is 533 Å². The maximum Gasteiger partial charge on any atom is 0.490 e. The van der Waals surface area contributed by atoms with Gasteiger partial charge in [0.2, 0.25) is 27.5 Å². The number of nitrogens with one attached hydrogen (secondary N) is 3. The monoisotopic (exact) mass is 1560 g/mol. The molecule has 4 aromatic rings. The summed E-state index contributed by atoms with van der Waals surface area (Å²) in [5.74, 6) is 3.48. The Balaban J connectivity index is 0.842. The van der Waals surface area contributed by atoms with Crippen molar-refractivity contribution in [2.45, 2.75) is 93.8 Å². The summed E-state index contributed by atoms with van der Waals surface area (Å²) in [6.07, 6.45) is 7.99. The molecule has 4 heterocycles. The molecule has 0 saturated carbocycles. The number of anilines is 2. The second-order valence-corrected chi connectivity index (χ2v) is 31.8. The number of ether oxygens (including phenoxy) is 6. The predicted molar refractivity (Wildman–Crippen MR) is 378 cm³/mol. The van der Waals surface area contributed by atoms with Crippen LogP contribution in [0.15, 0.2) is 136 Å². The van der Waals surface area contributed by atoms with E-state index in [1.165, 1.54) is 30.5 Å². The molecule has 3 aliphatic rings. The summed E-state index contributed by atoms with van der Waals surface area (Å²) in [7, 11) is -25.2. The third-order valence-electron chi connectivity index (χ3n) is 16.0. The minimum Gasteiger partial charge on any atom is -0.491 e. The van der Waals surface area contributed by atoms with Crippen LogP contribution in [0.3, 0.4) is 0 Å². The number of phosphoric ester groups is 1. The van der Waals surface area contributed by atoms with E-state index < -0.39 is 104 Å². The number of hydrogen-bond acceptors (Lipinski definition) is 24. The molecular weight excluding hydrogens is 1480 g/mol. The zero-order valence-corrected chi connectivity index (χ0v) is 61.6. The standard InChI is InChI=1S/C63H81N12O25P3S2/c1-6-31-93-42-96-51-37-58(98-52(51)39-97-102(83,84)100-103(85,86)99-101(80,81)82)75-38-44(59(64)70-61(75)79)17-15-26-67-56(77)40-92-32-33-94-57(71-72-65)41-95-45-18-14-16-43(35-45)60(78)69-28-27-68-55(76)25-30-74-50-24-23-46(105(66,90)91)36-48(50)63(4,5)54(74)22-9-7-8-21-53-62(2,3)47-19-10-11-20-49(47)73(53)29-12-13-34-104(87,88)89/h6-11,14,16,18-24,35-36,38,51-52,57-58H,1,12-13,25-34,37,39-42H2,2-5H3,(H11-,64,66,67,68,69,70,76,77,78,79,80,81,82,83,84,85,86,87,88,89,90,91)/p+1/t51-,52-,57?,58-/m1/s1. The average Bonchev–Trinajstić information content (AvgIpc) is 1.57. The number of carbonyl (C=O) groups is 3. The van der Waals surface area contributed by atoms with E-state index in [0.29, 0.717) is 24.2 Å². The molecule has 570 valence electrons. The van der Waals surface area contributed by atoms with E-state index >= 15 is 0 Å². The Bertz CT molecular complexity index is 4550. The molecule has 6 atom stereocenters. The Labute approximate surface area is 604 Å². The van der Waals surface area contributed by atoms with E-state index in [1.807, 2.05) is 67.3 Å². The number of rotatable bonds is 40. The van der Waals surface area contributed by atoms with E-state index in [4.69, 9.17) is 53.6 Å². The number of nitrogens with two attached hydrogens (primary N) is 2. The summed E-state index contributed by atoms with van der Waals surface area (Å²) in [6, 6.07) is 18.7. The highest BCUT2D eigenvalue weighted by Gasteiger charge is 2.46. The molecule has 42 heteroatoms. The van der Waals surface area contributed by atoms with Gasteiger partial charge >= 0.3 is 29.2 Å². The molecular formula is C63H82N12O25P3S2+. The van der Waals surface area contributed by atoms with Gasteiger partial charge in [0.15, 0.2) is 11.9 Å². The van der Waals surface area contributed by atoms with Crippen LogP contribution in [0.1, 0.15) is 86.7 Å². The number of fused-ring (bicyclic) bond motifs is 2. The van der Waals surface area contributed by atoms with Crippen molar-refractivity contribution in [3.8, 4) is 17.6 Å². The van der Waals surface area contributed by atoms with Crippen molar-refractivity contribution in [1.82, 2.24) is 25.5 Å². The molecule has 0 spiro atoms. The molecule has 3 aromatic carbocycles. The van der Waals surface area contributed by atoms with Crippen molar-refractivity contribution >= 4 is 84.2 Å². The van der Waals surface area contributed by atoms with Crippen LogP contribution in [-0.4, -0.2) is 182 Å². The molecule has 0 bridgehead atoms. The van der Waals surface area contributed by atoms with Crippen molar-refractivity contribution in [3.05, 3.63) is 165 Å². The average molecular weight is 1560 g/mol. The number of azide groups is 1. The highest BCUT2D eigenvalue weighted by molar-refractivity contribution is 7.89. The first-order valence-electron chi connectivity index (χ1n) is 32.0. The van der Waals surface area contributed by atoms with Crippen molar-refractivity contribution in [2.75, 3.05) is 95.5 Å². The predicted octanol–water partition coefficient (Wildman–Crippen LogP) is 4.64. The quantitative estimate of drug-likeness (QED) is 0.00248. The Morgan fingerprint density at radius 2 is 1.68 bits per heavy atom. The fourth-order valence-corrected chi connectivity index (χ4v) is 15.3. The van der Waals surface area contributed by atoms with Crippen molar-refractivity contribution < 1.29 is 115 Å². The molecule has 3 unspecified atom stereocenters. The van der Waals surface area contributed by atoms with Gasteiger partial charge in [-0.05, 0) is 73.8 Å². The van der Waals surface area contributed by atoms with Gasteiger partial charge in [-0.15, -0.1) is 6.58 Å². The van der Waals surface area contributed by atoms with Gasteiger partial charge in [0.1, 0.15) is 50.5 Å². The van der Waals surface area contributed by atoms with E-state index in [9.17, 15) is 69.6 Å². The normalized spacial score (nSPS) is 18.7. The lowest BCUT2D eigenvalue weighted by Gasteiger charge is -2.27. The van der Waals surface area contributed by atoms with Crippen LogP contribution in [0.4, 0.5) is 17.2 Å². The Kier molecular flexibility index (Phi) is 30.0.